The molecule has 0 aliphatic heterocycles. The van der Waals surface area contributed by atoms with Crippen LogP contribution in [0, 0.1) is 0 Å². The van der Waals surface area contributed by atoms with Gasteiger partial charge in [-0.2, -0.15) is 4.98 Å². The zero-order valence-electron chi connectivity index (χ0n) is 20.9. The number of nitrogens with zero attached hydrogens (tertiary/aromatic N) is 2. The number of methoxy groups -OCH3 is 1. The minimum Gasteiger partial charge on any atom is -0.469 e. The van der Waals surface area contributed by atoms with Crippen LogP contribution in [0.2, 0.25) is 0 Å². The molecule has 0 spiro atoms. The van der Waals surface area contributed by atoms with Crippen molar-refractivity contribution in [1.82, 2.24) is 9.55 Å². The first-order valence-corrected chi connectivity index (χ1v) is 12.8. The molecule has 0 aliphatic carbocycles. The summed E-state index contributed by atoms with van der Waals surface area (Å²) in [6.07, 6.45) is 6.74. The minimum absolute atomic E-state index is 0.123. The molecule has 5 nitrogen and oxygen atoms in total. The number of hydrogen-bond donors (Lipinski definition) is 0. The maximum absolute atomic E-state index is 11.2. The molecule has 5 heteroatoms. The maximum Gasteiger partial charge on any atom is 0.305 e. The predicted octanol–water partition coefficient (Wildman–Crippen LogP) is 7.49. The highest BCUT2D eigenvalue weighted by Gasteiger charge is 2.22. The molecule has 0 aliphatic rings. The van der Waals surface area contributed by atoms with Gasteiger partial charge in [-0.3, -0.25) is 9.36 Å². The van der Waals surface area contributed by atoms with Crippen LogP contribution in [0.25, 0.3) is 28.2 Å². The van der Waals surface area contributed by atoms with E-state index in [-0.39, 0.29) is 5.97 Å². The Morgan fingerprint density at radius 2 is 1.28 bits per heavy atom. The van der Waals surface area contributed by atoms with Crippen LogP contribution in [-0.4, -0.2) is 29.2 Å². The molecule has 3 aromatic carbocycles. The van der Waals surface area contributed by atoms with Crippen molar-refractivity contribution >= 4 is 5.97 Å². The lowest BCUT2D eigenvalue weighted by molar-refractivity contribution is -0.140. The summed E-state index contributed by atoms with van der Waals surface area (Å²) in [5.41, 5.74) is 5.10. The Morgan fingerprint density at radius 1 is 0.722 bits per heavy atom. The van der Waals surface area contributed by atoms with E-state index in [1.807, 2.05) is 42.5 Å². The third kappa shape index (κ3) is 6.63. The second-order valence-corrected chi connectivity index (χ2v) is 8.79. The first-order chi connectivity index (χ1) is 17.8. The third-order valence-electron chi connectivity index (χ3n) is 6.19. The first-order valence-electron chi connectivity index (χ1n) is 12.8. The number of hydrogen-bond acceptors (Lipinski definition) is 4. The Balaban J connectivity index is 1.51. The molecule has 1 aromatic heterocycles. The quantitative estimate of drug-likeness (QED) is 0.146. The van der Waals surface area contributed by atoms with Crippen molar-refractivity contribution in [3.05, 3.63) is 91.0 Å². The fourth-order valence-electron chi connectivity index (χ4n) is 4.32. The second kappa shape index (κ2) is 13.3. The van der Waals surface area contributed by atoms with E-state index in [2.05, 4.69) is 53.1 Å². The van der Waals surface area contributed by atoms with E-state index in [4.69, 9.17) is 14.5 Å². The Hall–Kier alpha value is -3.86. The molecule has 4 aromatic rings. The Labute approximate surface area is 213 Å². The molecule has 4 rings (SSSR count). The van der Waals surface area contributed by atoms with Gasteiger partial charge in [0.1, 0.15) is 5.69 Å². The SMILES string of the molecule is COC(=O)CCCCCCCCOc1nc(-c2ccccc2)c(-c2ccccc2)n1-c1ccccc1. The summed E-state index contributed by atoms with van der Waals surface area (Å²) in [4.78, 5) is 16.2. The van der Waals surface area contributed by atoms with E-state index < -0.39 is 0 Å². The van der Waals surface area contributed by atoms with E-state index in [9.17, 15) is 4.79 Å². The standard InChI is InChI=1S/C31H34N2O3/c1-35-28(34)23-15-4-2-3-5-16-24-36-31-32-29(25-17-9-6-10-18-25)30(26-19-11-7-12-20-26)33(31)27-21-13-8-14-22-27/h6-14,17-22H,2-5,15-16,23-24H2,1H3. The Kier molecular flexibility index (Phi) is 9.32. The summed E-state index contributed by atoms with van der Waals surface area (Å²) < 4.78 is 13.1. The molecular weight excluding hydrogens is 448 g/mol. The van der Waals surface area contributed by atoms with Crippen molar-refractivity contribution in [1.29, 1.82) is 0 Å². The molecular formula is C31H34N2O3. The lowest BCUT2D eigenvalue weighted by Crippen LogP contribution is -2.05. The molecule has 0 unspecified atom stereocenters. The van der Waals surface area contributed by atoms with Crippen LogP contribution in [0.3, 0.4) is 0 Å². The van der Waals surface area contributed by atoms with Gasteiger partial charge in [0, 0.05) is 17.5 Å². The van der Waals surface area contributed by atoms with Crippen LogP contribution < -0.4 is 4.74 Å². The number of imidazole rings is 1. The summed E-state index contributed by atoms with van der Waals surface area (Å²) in [5.74, 6) is -0.123. The van der Waals surface area contributed by atoms with Crippen molar-refractivity contribution in [2.75, 3.05) is 13.7 Å². The molecule has 1 heterocycles. The minimum atomic E-state index is -0.123. The monoisotopic (exact) mass is 482 g/mol. The van der Waals surface area contributed by atoms with E-state index in [1.54, 1.807) is 0 Å². The normalized spacial score (nSPS) is 10.8. The number of carbonyl (C=O) groups is 1. The number of benzene rings is 3. The van der Waals surface area contributed by atoms with Crippen molar-refractivity contribution < 1.29 is 14.3 Å². The molecule has 0 radical (unpaired) electrons. The summed E-state index contributed by atoms with van der Waals surface area (Å²) in [6, 6.07) is 31.5. The fourth-order valence-corrected chi connectivity index (χ4v) is 4.32. The van der Waals surface area contributed by atoms with Gasteiger partial charge in [0.05, 0.1) is 25.1 Å². The van der Waals surface area contributed by atoms with Crippen LogP contribution >= 0.6 is 0 Å². The zero-order chi connectivity index (χ0) is 25.0. The second-order valence-electron chi connectivity index (χ2n) is 8.79. The number of esters is 1. The van der Waals surface area contributed by atoms with Gasteiger partial charge in [0.15, 0.2) is 0 Å². The Morgan fingerprint density at radius 3 is 1.92 bits per heavy atom. The third-order valence-corrected chi connectivity index (χ3v) is 6.19. The zero-order valence-corrected chi connectivity index (χ0v) is 20.9. The van der Waals surface area contributed by atoms with Crippen LogP contribution in [-0.2, 0) is 9.53 Å². The maximum atomic E-state index is 11.2. The van der Waals surface area contributed by atoms with Gasteiger partial charge in [0.2, 0.25) is 0 Å². The summed E-state index contributed by atoms with van der Waals surface area (Å²) >= 11 is 0. The predicted molar refractivity (Wildman–Crippen MR) is 144 cm³/mol. The summed E-state index contributed by atoms with van der Waals surface area (Å²) in [6.45, 7) is 0.606. The number of rotatable bonds is 13. The van der Waals surface area contributed by atoms with Gasteiger partial charge in [-0.05, 0) is 25.0 Å². The van der Waals surface area contributed by atoms with E-state index in [1.165, 1.54) is 7.11 Å². The van der Waals surface area contributed by atoms with Crippen LogP contribution in [0.5, 0.6) is 6.01 Å². The molecule has 0 fully saturated rings. The molecule has 0 saturated heterocycles. The highest BCUT2D eigenvalue weighted by molar-refractivity contribution is 5.81. The van der Waals surface area contributed by atoms with Crippen LogP contribution in [0.15, 0.2) is 91.0 Å². The fraction of sp³-hybridized carbons (Fsp3) is 0.290. The van der Waals surface area contributed by atoms with E-state index in [0.29, 0.717) is 19.0 Å². The van der Waals surface area contributed by atoms with Gasteiger partial charge in [-0.25, -0.2) is 0 Å². The van der Waals surface area contributed by atoms with Gasteiger partial charge in [0.25, 0.3) is 0 Å². The van der Waals surface area contributed by atoms with Crippen molar-refractivity contribution in [2.45, 2.75) is 44.9 Å². The van der Waals surface area contributed by atoms with Gasteiger partial charge in [-0.15, -0.1) is 0 Å². The summed E-state index contributed by atoms with van der Waals surface area (Å²) in [5, 5.41) is 0. The molecule has 0 amide bonds. The first kappa shape index (κ1) is 25.2. The molecule has 36 heavy (non-hydrogen) atoms. The Bertz CT molecular complexity index is 1200. The van der Waals surface area contributed by atoms with Crippen molar-refractivity contribution in [3.63, 3.8) is 0 Å². The van der Waals surface area contributed by atoms with Gasteiger partial charge >= 0.3 is 12.0 Å². The highest BCUT2D eigenvalue weighted by atomic mass is 16.5. The number of ether oxygens (including phenoxy) is 2. The topological polar surface area (TPSA) is 53.4 Å². The van der Waals surface area contributed by atoms with E-state index >= 15 is 0 Å². The number of para-hydroxylation sites is 1. The lowest BCUT2D eigenvalue weighted by Gasteiger charge is -2.13. The summed E-state index contributed by atoms with van der Waals surface area (Å²) in [7, 11) is 1.44. The number of unbranched alkanes of at least 4 members (excludes halogenated alkanes) is 5. The molecule has 0 N–H and O–H groups in total. The van der Waals surface area contributed by atoms with Crippen molar-refractivity contribution in [2.24, 2.45) is 0 Å². The number of aromatic nitrogens is 2. The van der Waals surface area contributed by atoms with Gasteiger partial charge < -0.3 is 9.47 Å². The molecule has 0 bridgehead atoms. The van der Waals surface area contributed by atoms with Crippen molar-refractivity contribution in [3.8, 4) is 34.2 Å². The van der Waals surface area contributed by atoms with Crippen LogP contribution in [0.4, 0.5) is 0 Å². The molecule has 186 valence electrons. The average Bonchev–Trinajstić information content (AvgIpc) is 3.33. The lowest BCUT2D eigenvalue weighted by atomic mass is 10.0. The number of carbonyl (C=O) groups excluding carboxylic acids is 1. The largest absolute Gasteiger partial charge is 0.469 e. The highest BCUT2D eigenvalue weighted by Crippen LogP contribution is 2.37. The van der Waals surface area contributed by atoms with Gasteiger partial charge in [-0.1, -0.05) is 105 Å². The smallest absolute Gasteiger partial charge is 0.305 e. The molecule has 0 saturated carbocycles. The molecule has 0 atom stereocenters. The van der Waals surface area contributed by atoms with Crippen LogP contribution in [0.1, 0.15) is 44.9 Å². The van der Waals surface area contributed by atoms with E-state index in [0.717, 1.165) is 66.7 Å². The average molecular weight is 483 g/mol.